The van der Waals surface area contributed by atoms with Crippen molar-refractivity contribution in [2.75, 3.05) is 5.32 Å². The summed E-state index contributed by atoms with van der Waals surface area (Å²) < 4.78 is 1.74. The number of nitrogens with zero attached hydrogens (tertiary/aromatic N) is 4. The van der Waals surface area contributed by atoms with Gasteiger partial charge in [0.15, 0.2) is 0 Å². The number of hydrogen-bond donors (Lipinski definition) is 1. The normalized spacial score (nSPS) is 17.5. The molecule has 0 aliphatic heterocycles. The summed E-state index contributed by atoms with van der Waals surface area (Å²) in [5.74, 6) is 0. The van der Waals surface area contributed by atoms with Crippen molar-refractivity contribution in [2.45, 2.75) is 45.1 Å². The molecule has 2 aromatic heterocycles. The van der Waals surface area contributed by atoms with Gasteiger partial charge in [-0.2, -0.15) is 9.61 Å². The molecule has 1 aliphatic carbocycles. The summed E-state index contributed by atoms with van der Waals surface area (Å²) in [7, 11) is 0. The molecule has 2 aromatic rings. The first-order valence-electron chi connectivity index (χ1n) is 6.27. The van der Waals surface area contributed by atoms with E-state index in [-0.39, 0.29) is 0 Å². The average molecular weight is 231 g/mol. The zero-order valence-electron chi connectivity index (χ0n) is 10.1. The van der Waals surface area contributed by atoms with Crippen LogP contribution in [-0.2, 0) is 0 Å². The molecule has 0 spiro atoms. The van der Waals surface area contributed by atoms with Crippen molar-refractivity contribution in [3.05, 3.63) is 18.1 Å². The van der Waals surface area contributed by atoms with Gasteiger partial charge < -0.3 is 5.32 Å². The van der Waals surface area contributed by atoms with Gasteiger partial charge >= 0.3 is 0 Å². The zero-order chi connectivity index (χ0) is 11.7. The van der Waals surface area contributed by atoms with Crippen LogP contribution in [0.5, 0.6) is 0 Å². The number of anilines is 1. The summed E-state index contributed by atoms with van der Waals surface area (Å²) in [5, 5.41) is 15.9. The Morgan fingerprint density at radius 2 is 2.12 bits per heavy atom. The fourth-order valence-electron chi connectivity index (χ4n) is 2.53. The first-order valence-corrected chi connectivity index (χ1v) is 6.27. The molecule has 90 valence electrons. The maximum atomic E-state index is 4.34. The molecule has 5 heteroatoms. The number of aromatic nitrogens is 4. The van der Waals surface area contributed by atoms with Gasteiger partial charge in [0.1, 0.15) is 6.33 Å². The first kappa shape index (κ1) is 10.5. The van der Waals surface area contributed by atoms with Crippen molar-refractivity contribution in [1.29, 1.82) is 0 Å². The van der Waals surface area contributed by atoms with Crippen molar-refractivity contribution in [3.8, 4) is 0 Å². The van der Waals surface area contributed by atoms with Gasteiger partial charge in [0.25, 0.3) is 0 Å². The topological polar surface area (TPSA) is 55.1 Å². The van der Waals surface area contributed by atoms with Crippen LogP contribution in [-0.4, -0.2) is 25.9 Å². The number of nitrogens with one attached hydrogen (secondary N) is 1. The van der Waals surface area contributed by atoms with E-state index in [4.69, 9.17) is 0 Å². The van der Waals surface area contributed by atoms with E-state index in [1.54, 1.807) is 10.8 Å². The summed E-state index contributed by atoms with van der Waals surface area (Å²) in [6.45, 7) is 1.99. The van der Waals surface area contributed by atoms with Crippen LogP contribution in [0.25, 0.3) is 5.65 Å². The Morgan fingerprint density at radius 1 is 1.29 bits per heavy atom. The minimum absolute atomic E-state index is 0.575. The molecule has 1 N–H and O–H groups in total. The van der Waals surface area contributed by atoms with E-state index < -0.39 is 0 Å². The van der Waals surface area contributed by atoms with Crippen molar-refractivity contribution in [3.63, 3.8) is 0 Å². The monoisotopic (exact) mass is 231 g/mol. The highest BCUT2D eigenvalue weighted by Crippen LogP contribution is 2.23. The zero-order valence-corrected chi connectivity index (χ0v) is 10.1. The quantitative estimate of drug-likeness (QED) is 0.860. The highest BCUT2D eigenvalue weighted by molar-refractivity contribution is 5.66. The van der Waals surface area contributed by atoms with Crippen LogP contribution in [0.4, 0.5) is 5.69 Å². The smallest absolute Gasteiger partial charge is 0.200 e. The lowest BCUT2D eigenvalue weighted by atomic mass is 9.95. The second-order valence-electron chi connectivity index (χ2n) is 4.78. The number of fused-ring (bicyclic) bond motifs is 1. The van der Waals surface area contributed by atoms with E-state index in [1.807, 2.05) is 6.92 Å². The van der Waals surface area contributed by atoms with Crippen LogP contribution in [0.15, 0.2) is 12.4 Å². The van der Waals surface area contributed by atoms with Crippen LogP contribution < -0.4 is 5.32 Å². The van der Waals surface area contributed by atoms with Gasteiger partial charge in [0, 0.05) is 6.04 Å². The molecule has 0 atom stereocenters. The average Bonchev–Trinajstić information content (AvgIpc) is 2.78. The van der Waals surface area contributed by atoms with Gasteiger partial charge in [-0.3, -0.25) is 0 Å². The first-order chi connectivity index (χ1) is 8.33. The van der Waals surface area contributed by atoms with Gasteiger partial charge in [-0.1, -0.05) is 19.3 Å². The highest BCUT2D eigenvalue weighted by atomic mass is 15.3. The molecular formula is C12H17N5. The summed E-state index contributed by atoms with van der Waals surface area (Å²) in [4.78, 5) is 0. The van der Waals surface area contributed by atoms with E-state index >= 15 is 0 Å². The molecule has 0 amide bonds. The molecular weight excluding hydrogens is 214 g/mol. The van der Waals surface area contributed by atoms with Crippen LogP contribution >= 0.6 is 0 Å². The second-order valence-corrected chi connectivity index (χ2v) is 4.78. The lowest BCUT2D eigenvalue weighted by Crippen LogP contribution is -2.22. The van der Waals surface area contributed by atoms with Crippen LogP contribution in [0, 0.1) is 6.92 Å². The number of rotatable bonds is 2. The van der Waals surface area contributed by atoms with Gasteiger partial charge in [-0.15, -0.1) is 10.2 Å². The Bertz CT molecular complexity index is 513. The molecule has 0 aromatic carbocycles. The molecule has 0 radical (unpaired) electrons. The highest BCUT2D eigenvalue weighted by Gasteiger charge is 2.15. The van der Waals surface area contributed by atoms with E-state index in [0.29, 0.717) is 6.04 Å². The molecule has 0 unspecified atom stereocenters. The maximum Gasteiger partial charge on any atom is 0.200 e. The lowest BCUT2D eigenvalue weighted by Gasteiger charge is -2.23. The predicted octanol–water partition coefficient (Wildman–Crippen LogP) is 2.18. The van der Waals surface area contributed by atoms with Crippen LogP contribution in [0.3, 0.4) is 0 Å². The van der Waals surface area contributed by atoms with Gasteiger partial charge in [-0.05, 0) is 25.8 Å². The molecule has 17 heavy (non-hydrogen) atoms. The standard InChI is InChI=1S/C12H17N5/c1-9-7-11(12-15-13-8-17(12)16-9)14-10-5-3-2-4-6-10/h7-8,10,14H,2-6H2,1H3. The van der Waals surface area contributed by atoms with Gasteiger partial charge in [0.05, 0.1) is 11.4 Å². The summed E-state index contributed by atoms with van der Waals surface area (Å²) in [6, 6.07) is 2.63. The van der Waals surface area contributed by atoms with Crippen LogP contribution in [0.1, 0.15) is 37.8 Å². The van der Waals surface area contributed by atoms with Crippen molar-refractivity contribution >= 4 is 11.3 Å². The van der Waals surface area contributed by atoms with E-state index in [0.717, 1.165) is 17.0 Å². The minimum Gasteiger partial charge on any atom is -0.379 e. The third-order valence-electron chi connectivity index (χ3n) is 3.35. The molecule has 1 fully saturated rings. The SMILES string of the molecule is Cc1cc(NC2CCCCC2)c2nncn2n1. The predicted molar refractivity (Wildman–Crippen MR) is 66.0 cm³/mol. The third kappa shape index (κ3) is 2.09. The second kappa shape index (κ2) is 4.31. The van der Waals surface area contributed by atoms with Crippen LogP contribution in [0.2, 0.25) is 0 Å². The fraction of sp³-hybridized carbons (Fsp3) is 0.583. The molecule has 1 saturated carbocycles. The Balaban J connectivity index is 1.90. The summed E-state index contributed by atoms with van der Waals surface area (Å²) in [5.41, 5.74) is 2.86. The molecule has 5 nitrogen and oxygen atoms in total. The molecule has 0 bridgehead atoms. The van der Waals surface area contributed by atoms with E-state index in [9.17, 15) is 0 Å². The minimum atomic E-state index is 0.575. The van der Waals surface area contributed by atoms with E-state index in [1.165, 1.54) is 32.1 Å². The molecule has 1 aliphatic rings. The molecule has 0 saturated heterocycles. The number of aryl methyl sites for hydroxylation is 1. The Hall–Kier alpha value is -1.65. The fourth-order valence-corrected chi connectivity index (χ4v) is 2.53. The van der Waals surface area contributed by atoms with Crippen molar-refractivity contribution in [2.24, 2.45) is 0 Å². The molecule has 3 rings (SSSR count). The Labute approximate surface area is 100 Å². The Kier molecular flexibility index (Phi) is 2.66. The summed E-state index contributed by atoms with van der Waals surface area (Å²) in [6.07, 6.45) is 8.17. The van der Waals surface area contributed by atoms with E-state index in [2.05, 4.69) is 26.7 Å². The lowest BCUT2D eigenvalue weighted by molar-refractivity contribution is 0.463. The Morgan fingerprint density at radius 3 is 2.94 bits per heavy atom. The molecule has 2 heterocycles. The van der Waals surface area contributed by atoms with Crippen molar-refractivity contribution in [1.82, 2.24) is 19.8 Å². The van der Waals surface area contributed by atoms with Gasteiger partial charge in [0.2, 0.25) is 5.65 Å². The third-order valence-corrected chi connectivity index (χ3v) is 3.35. The van der Waals surface area contributed by atoms with Crippen molar-refractivity contribution < 1.29 is 0 Å². The maximum absolute atomic E-state index is 4.34. The summed E-state index contributed by atoms with van der Waals surface area (Å²) >= 11 is 0. The van der Waals surface area contributed by atoms with Gasteiger partial charge in [-0.25, -0.2) is 0 Å². The number of hydrogen-bond acceptors (Lipinski definition) is 4. The largest absolute Gasteiger partial charge is 0.379 e.